The first-order chi connectivity index (χ1) is 15.7. The largest absolute Gasteiger partial charge is 0.379 e. The van der Waals surface area contributed by atoms with E-state index >= 15 is 0 Å². The molecule has 0 radical (unpaired) electrons. The Morgan fingerprint density at radius 1 is 1.03 bits per heavy atom. The lowest BCUT2D eigenvalue weighted by Gasteiger charge is -2.26. The predicted molar refractivity (Wildman–Crippen MR) is 126 cm³/mol. The number of nitrogens with zero attached hydrogens (tertiary/aromatic N) is 4. The molecule has 2 aromatic rings. The molecule has 1 aliphatic rings. The number of morpholine rings is 1. The maximum atomic E-state index is 12.7. The molecular weight excluding hydrogens is 466 g/mol. The van der Waals surface area contributed by atoms with E-state index in [2.05, 4.69) is 15.5 Å². The Hall–Kier alpha value is -2.38. The monoisotopic (exact) mass is 495 g/mol. The fourth-order valence-electron chi connectivity index (χ4n) is 3.32. The third-order valence-electron chi connectivity index (χ3n) is 5.30. The summed E-state index contributed by atoms with van der Waals surface area (Å²) in [5, 5.41) is 4.27. The van der Waals surface area contributed by atoms with E-state index in [0.29, 0.717) is 50.9 Å². The minimum absolute atomic E-state index is 0.120. The fraction of sp³-hybridized carbons (Fsp3) is 0.429. The second-order valence-corrected chi connectivity index (χ2v) is 11.2. The molecule has 2 heterocycles. The van der Waals surface area contributed by atoms with Crippen LogP contribution in [0.25, 0.3) is 0 Å². The Morgan fingerprint density at radius 3 is 2.18 bits per heavy atom. The molecule has 0 bridgehead atoms. The summed E-state index contributed by atoms with van der Waals surface area (Å²) < 4.78 is 58.6. The lowest BCUT2D eigenvalue weighted by atomic mass is 10.1. The van der Waals surface area contributed by atoms with Gasteiger partial charge in [0.2, 0.25) is 20.0 Å². The highest BCUT2D eigenvalue weighted by Crippen LogP contribution is 2.19. The van der Waals surface area contributed by atoms with E-state index in [1.807, 2.05) is 0 Å². The van der Waals surface area contributed by atoms with Crippen LogP contribution in [0.2, 0.25) is 0 Å². The molecule has 33 heavy (non-hydrogen) atoms. The molecule has 1 saturated heterocycles. The summed E-state index contributed by atoms with van der Waals surface area (Å²) in [4.78, 5) is 4.48. The van der Waals surface area contributed by atoms with Crippen LogP contribution in [0.3, 0.4) is 0 Å². The maximum Gasteiger partial charge on any atom is 0.244 e. The van der Waals surface area contributed by atoms with Crippen LogP contribution in [0.5, 0.6) is 0 Å². The van der Waals surface area contributed by atoms with Crippen molar-refractivity contribution in [3.05, 3.63) is 48.2 Å². The van der Waals surface area contributed by atoms with Gasteiger partial charge < -0.3 is 4.74 Å². The van der Waals surface area contributed by atoms with Crippen LogP contribution >= 0.6 is 0 Å². The van der Waals surface area contributed by atoms with Crippen molar-refractivity contribution in [2.75, 3.05) is 44.8 Å². The van der Waals surface area contributed by atoms with Crippen molar-refractivity contribution in [3.63, 3.8) is 0 Å². The second-order valence-electron chi connectivity index (χ2n) is 7.32. The fourth-order valence-corrected chi connectivity index (χ4v) is 6.13. The number of hydrogen-bond acceptors (Lipinski definition) is 8. The van der Waals surface area contributed by atoms with Crippen LogP contribution in [0, 0.1) is 0 Å². The van der Waals surface area contributed by atoms with Gasteiger partial charge in [0.1, 0.15) is 10.7 Å². The standard InChI is InChI=1S/C21H29N5O5S2/c1-4-25(5-2)33(29,30)20-10-11-21(22-16-20)24-23-17(3)18-6-8-19(9-7-18)32(27,28)26-12-14-31-15-13-26/h6-11,16H,4-5,12-15H2,1-3H3,(H,22,24)/b23-17+. The molecule has 1 N–H and O–H groups in total. The lowest BCUT2D eigenvalue weighted by Crippen LogP contribution is -2.40. The zero-order valence-corrected chi connectivity index (χ0v) is 20.6. The van der Waals surface area contributed by atoms with Gasteiger partial charge in [0, 0.05) is 32.4 Å². The zero-order valence-electron chi connectivity index (χ0n) is 18.9. The minimum Gasteiger partial charge on any atom is -0.379 e. The lowest BCUT2D eigenvalue weighted by molar-refractivity contribution is 0.0730. The van der Waals surface area contributed by atoms with E-state index in [-0.39, 0.29) is 9.79 Å². The summed E-state index contributed by atoms with van der Waals surface area (Å²) in [7, 11) is -7.12. The minimum atomic E-state index is -3.57. The highest BCUT2D eigenvalue weighted by molar-refractivity contribution is 7.89. The number of nitrogens with one attached hydrogen (secondary N) is 1. The summed E-state index contributed by atoms with van der Waals surface area (Å²) in [6.07, 6.45) is 1.30. The van der Waals surface area contributed by atoms with Gasteiger partial charge in [0.05, 0.1) is 23.8 Å². The van der Waals surface area contributed by atoms with Crippen LogP contribution in [-0.2, 0) is 24.8 Å². The molecule has 12 heteroatoms. The molecule has 1 aliphatic heterocycles. The third-order valence-corrected chi connectivity index (χ3v) is 9.24. The number of ether oxygens (including phenoxy) is 1. The van der Waals surface area contributed by atoms with Crippen molar-refractivity contribution in [1.29, 1.82) is 0 Å². The van der Waals surface area contributed by atoms with Gasteiger partial charge in [-0.2, -0.15) is 13.7 Å². The highest BCUT2D eigenvalue weighted by atomic mass is 32.2. The van der Waals surface area contributed by atoms with Crippen LogP contribution in [0.4, 0.5) is 5.82 Å². The smallest absolute Gasteiger partial charge is 0.244 e. The number of hydrogen-bond donors (Lipinski definition) is 1. The molecule has 0 spiro atoms. The average Bonchev–Trinajstić information content (AvgIpc) is 2.84. The molecule has 1 aromatic heterocycles. The zero-order chi connectivity index (χ0) is 24.1. The Balaban J connectivity index is 1.69. The summed E-state index contributed by atoms with van der Waals surface area (Å²) in [5.74, 6) is 0.388. The van der Waals surface area contributed by atoms with Gasteiger partial charge >= 0.3 is 0 Å². The number of aromatic nitrogens is 1. The van der Waals surface area contributed by atoms with Crippen molar-refractivity contribution in [2.24, 2.45) is 5.10 Å². The quantitative estimate of drug-likeness (QED) is 0.417. The first-order valence-corrected chi connectivity index (χ1v) is 13.5. The highest BCUT2D eigenvalue weighted by Gasteiger charge is 2.26. The maximum absolute atomic E-state index is 12.7. The summed E-state index contributed by atoms with van der Waals surface area (Å²) >= 11 is 0. The van der Waals surface area contributed by atoms with Crippen molar-refractivity contribution in [3.8, 4) is 0 Å². The molecular formula is C21H29N5O5S2. The average molecular weight is 496 g/mol. The molecule has 10 nitrogen and oxygen atoms in total. The predicted octanol–water partition coefficient (Wildman–Crippen LogP) is 1.97. The molecule has 0 atom stereocenters. The number of rotatable bonds is 9. The van der Waals surface area contributed by atoms with Crippen LogP contribution in [0.15, 0.2) is 57.5 Å². The molecule has 180 valence electrons. The first-order valence-electron chi connectivity index (χ1n) is 10.6. The van der Waals surface area contributed by atoms with E-state index in [0.717, 1.165) is 5.56 Å². The summed E-state index contributed by atoms with van der Waals surface area (Å²) in [5.41, 5.74) is 4.16. The van der Waals surface area contributed by atoms with Crippen LogP contribution in [-0.4, -0.2) is 75.5 Å². The van der Waals surface area contributed by atoms with Gasteiger partial charge in [-0.1, -0.05) is 26.0 Å². The molecule has 1 aromatic carbocycles. The number of benzene rings is 1. The van der Waals surface area contributed by atoms with Gasteiger partial charge in [-0.3, -0.25) is 5.43 Å². The molecule has 0 unspecified atom stereocenters. The summed E-state index contributed by atoms with van der Waals surface area (Å²) in [6, 6.07) is 9.54. The van der Waals surface area contributed by atoms with Crippen molar-refractivity contribution in [2.45, 2.75) is 30.6 Å². The number of pyridine rings is 1. The first kappa shape index (κ1) is 25.2. The van der Waals surface area contributed by atoms with E-state index in [1.54, 1.807) is 51.1 Å². The van der Waals surface area contributed by atoms with Gasteiger partial charge in [0.25, 0.3) is 0 Å². The van der Waals surface area contributed by atoms with Gasteiger partial charge in [-0.25, -0.2) is 21.8 Å². The Morgan fingerprint density at radius 2 is 1.64 bits per heavy atom. The topological polar surface area (TPSA) is 121 Å². The molecule has 3 rings (SSSR count). The van der Waals surface area contributed by atoms with Crippen LogP contribution < -0.4 is 5.43 Å². The number of sulfonamides is 2. The van der Waals surface area contributed by atoms with E-state index in [4.69, 9.17) is 4.74 Å². The van der Waals surface area contributed by atoms with Crippen LogP contribution in [0.1, 0.15) is 26.3 Å². The van der Waals surface area contributed by atoms with Gasteiger partial charge in [0.15, 0.2) is 0 Å². The molecule has 1 fully saturated rings. The van der Waals surface area contributed by atoms with E-state index in [1.165, 1.54) is 20.9 Å². The molecule has 0 saturated carbocycles. The molecule has 0 aliphatic carbocycles. The number of hydrazone groups is 1. The summed E-state index contributed by atoms with van der Waals surface area (Å²) in [6.45, 7) is 7.59. The van der Waals surface area contributed by atoms with Crippen molar-refractivity contribution >= 4 is 31.6 Å². The Labute approximate surface area is 195 Å². The van der Waals surface area contributed by atoms with Crippen molar-refractivity contribution < 1.29 is 21.6 Å². The second kappa shape index (κ2) is 10.7. The van der Waals surface area contributed by atoms with Gasteiger partial charge in [-0.05, 0) is 36.8 Å². The SMILES string of the molecule is CCN(CC)S(=O)(=O)c1ccc(N/N=C(\C)c2ccc(S(=O)(=O)N3CCOCC3)cc2)nc1. The van der Waals surface area contributed by atoms with Gasteiger partial charge in [-0.15, -0.1) is 0 Å². The van der Waals surface area contributed by atoms with Crippen molar-refractivity contribution in [1.82, 2.24) is 13.6 Å². The number of anilines is 1. The van der Waals surface area contributed by atoms with E-state index < -0.39 is 20.0 Å². The Kier molecular flexibility index (Phi) is 8.19. The Bertz CT molecular complexity index is 1170. The normalized spacial score (nSPS) is 16.2. The van der Waals surface area contributed by atoms with E-state index in [9.17, 15) is 16.8 Å². The molecule has 0 amide bonds. The third kappa shape index (κ3) is 5.76.